The van der Waals surface area contributed by atoms with Crippen molar-refractivity contribution in [3.63, 3.8) is 0 Å². The zero-order valence-corrected chi connectivity index (χ0v) is 17.1. The third kappa shape index (κ3) is 3.20. The Kier molecular flexibility index (Phi) is 4.56. The quantitative estimate of drug-likeness (QED) is 0.602. The number of aromatic nitrogens is 1. The lowest BCUT2D eigenvalue weighted by Gasteiger charge is -2.37. The van der Waals surface area contributed by atoms with E-state index in [1.54, 1.807) is 18.4 Å². The maximum atomic E-state index is 13.3. The lowest BCUT2D eigenvalue weighted by Crippen LogP contribution is -2.51. The fourth-order valence-electron chi connectivity index (χ4n) is 3.93. The van der Waals surface area contributed by atoms with E-state index in [-0.39, 0.29) is 5.91 Å². The number of hydrogen-bond donors (Lipinski definition) is 0. The highest BCUT2D eigenvalue weighted by Gasteiger charge is 2.55. The number of rotatable bonds is 4. The molecule has 0 radical (unpaired) electrons. The molecule has 3 heterocycles. The molecule has 5 rings (SSSR count). The monoisotopic (exact) mass is 431 g/mol. The molecule has 0 unspecified atom stereocenters. The molecule has 0 N–H and O–H groups in total. The van der Waals surface area contributed by atoms with Crippen molar-refractivity contribution in [2.45, 2.75) is 18.3 Å². The van der Waals surface area contributed by atoms with Gasteiger partial charge >= 0.3 is 0 Å². The van der Waals surface area contributed by atoms with E-state index < -0.39 is 5.41 Å². The van der Waals surface area contributed by atoms with Gasteiger partial charge in [-0.15, -0.1) is 0 Å². The third-order valence-corrected chi connectivity index (χ3v) is 6.57. The van der Waals surface area contributed by atoms with Crippen LogP contribution in [0, 0.1) is 0 Å². The van der Waals surface area contributed by atoms with Gasteiger partial charge in [0.25, 0.3) is 0 Å². The fraction of sp³-hybridized carbons (Fsp3) is 0.333. The predicted octanol–water partition coefficient (Wildman–Crippen LogP) is 4.62. The summed E-state index contributed by atoms with van der Waals surface area (Å²) >= 11 is 12.5. The molecular weight excluding hydrogens is 413 g/mol. The molecule has 2 aliphatic rings. The molecule has 6 nitrogen and oxygen atoms in total. The summed E-state index contributed by atoms with van der Waals surface area (Å²) in [5, 5.41) is 5.28. The minimum absolute atomic E-state index is 0.119. The molecule has 150 valence electrons. The van der Waals surface area contributed by atoms with Gasteiger partial charge in [0, 0.05) is 32.2 Å². The second-order valence-electron chi connectivity index (χ2n) is 7.49. The summed E-state index contributed by atoms with van der Waals surface area (Å²) < 4.78 is 10.8. The summed E-state index contributed by atoms with van der Waals surface area (Å²) in [6, 6.07) is 11.1. The summed E-state index contributed by atoms with van der Waals surface area (Å²) in [6.07, 6.45) is 3.16. The SMILES string of the molecule is O=C(N1CCN(c2cccc(Cl)c2Cl)CC1)C1(c2cc(-c3ccco3)on2)CC1. The highest BCUT2D eigenvalue weighted by Crippen LogP contribution is 2.50. The summed E-state index contributed by atoms with van der Waals surface area (Å²) in [5.74, 6) is 1.28. The van der Waals surface area contributed by atoms with Crippen molar-refractivity contribution in [3.05, 3.63) is 58.4 Å². The molecule has 8 heteroatoms. The van der Waals surface area contributed by atoms with Crippen LogP contribution in [0.3, 0.4) is 0 Å². The van der Waals surface area contributed by atoms with Crippen LogP contribution in [0.25, 0.3) is 11.5 Å². The van der Waals surface area contributed by atoms with Gasteiger partial charge in [-0.25, -0.2) is 0 Å². The Morgan fingerprint density at radius 1 is 1.03 bits per heavy atom. The van der Waals surface area contributed by atoms with Gasteiger partial charge in [0.1, 0.15) is 0 Å². The Bertz CT molecular complexity index is 1040. The molecular formula is C21H19Cl2N3O3. The third-order valence-electron chi connectivity index (χ3n) is 5.76. The van der Waals surface area contributed by atoms with Gasteiger partial charge in [0.05, 0.1) is 33.1 Å². The molecule has 0 bridgehead atoms. The minimum Gasteiger partial charge on any atom is -0.461 e. The molecule has 0 atom stereocenters. The van der Waals surface area contributed by atoms with Gasteiger partial charge in [-0.1, -0.05) is 34.4 Å². The van der Waals surface area contributed by atoms with Gasteiger partial charge in [-0.3, -0.25) is 4.79 Å². The van der Waals surface area contributed by atoms with Crippen LogP contribution < -0.4 is 4.90 Å². The average Bonchev–Trinajstić information content (AvgIpc) is 3.15. The highest BCUT2D eigenvalue weighted by atomic mass is 35.5. The van der Waals surface area contributed by atoms with Crippen LogP contribution in [-0.4, -0.2) is 42.1 Å². The maximum Gasteiger partial charge on any atom is 0.235 e. The minimum atomic E-state index is -0.565. The number of benzene rings is 1. The summed E-state index contributed by atoms with van der Waals surface area (Å²) in [4.78, 5) is 17.4. The van der Waals surface area contributed by atoms with Gasteiger partial charge in [0.15, 0.2) is 5.76 Å². The van der Waals surface area contributed by atoms with E-state index in [2.05, 4.69) is 10.1 Å². The first-order valence-electron chi connectivity index (χ1n) is 9.58. The Morgan fingerprint density at radius 2 is 1.83 bits per heavy atom. The van der Waals surface area contributed by atoms with E-state index in [0.29, 0.717) is 53.4 Å². The molecule has 1 saturated heterocycles. The van der Waals surface area contributed by atoms with Gasteiger partial charge in [0.2, 0.25) is 11.7 Å². The first-order chi connectivity index (χ1) is 14.1. The molecule has 1 aliphatic heterocycles. The number of carbonyl (C=O) groups is 1. The molecule has 0 spiro atoms. The largest absolute Gasteiger partial charge is 0.461 e. The topological polar surface area (TPSA) is 62.7 Å². The molecule has 1 saturated carbocycles. The van der Waals surface area contributed by atoms with Gasteiger partial charge < -0.3 is 18.7 Å². The Balaban J connectivity index is 1.29. The van der Waals surface area contributed by atoms with Crippen molar-refractivity contribution in [1.29, 1.82) is 0 Å². The average molecular weight is 432 g/mol. The zero-order chi connectivity index (χ0) is 20.0. The van der Waals surface area contributed by atoms with Crippen LogP contribution in [0.1, 0.15) is 18.5 Å². The first kappa shape index (κ1) is 18.6. The molecule has 1 amide bonds. The molecule has 2 aromatic heterocycles. The number of furan rings is 1. The van der Waals surface area contributed by atoms with Crippen molar-refractivity contribution in [1.82, 2.24) is 10.1 Å². The van der Waals surface area contributed by atoms with E-state index in [1.165, 1.54) is 0 Å². The van der Waals surface area contributed by atoms with Crippen LogP contribution >= 0.6 is 23.2 Å². The Morgan fingerprint density at radius 3 is 2.52 bits per heavy atom. The van der Waals surface area contributed by atoms with Crippen LogP contribution in [0.5, 0.6) is 0 Å². The predicted molar refractivity (Wildman–Crippen MR) is 110 cm³/mol. The normalized spacial score (nSPS) is 18.1. The van der Waals surface area contributed by atoms with E-state index >= 15 is 0 Å². The van der Waals surface area contributed by atoms with Gasteiger partial charge in [-0.05, 0) is 37.1 Å². The van der Waals surface area contributed by atoms with Crippen molar-refractivity contribution in [3.8, 4) is 11.5 Å². The molecule has 3 aromatic rings. The second kappa shape index (κ2) is 7.11. The number of halogens is 2. The number of anilines is 1. The molecule has 2 fully saturated rings. The standard InChI is InChI=1S/C21H19Cl2N3O3/c22-14-3-1-4-15(19(14)23)25-8-10-26(11-9-25)20(27)21(6-7-21)18-13-17(29-24-18)16-5-2-12-28-16/h1-5,12-13H,6-11H2. The number of nitrogens with zero attached hydrogens (tertiary/aromatic N) is 3. The summed E-state index contributed by atoms with van der Waals surface area (Å²) in [5.41, 5.74) is 1.03. The summed E-state index contributed by atoms with van der Waals surface area (Å²) in [7, 11) is 0. The first-order valence-corrected chi connectivity index (χ1v) is 10.3. The number of carbonyl (C=O) groups excluding carboxylic acids is 1. The number of amides is 1. The molecule has 1 aromatic carbocycles. The smallest absolute Gasteiger partial charge is 0.235 e. The lowest BCUT2D eigenvalue weighted by molar-refractivity contribution is -0.134. The fourth-order valence-corrected chi connectivity index (χ4v) is 4.35. The van der Waals surface area contributed by atoms with Crippen LogP contribution in [0.4, 0.5) is 5.69 Å². The second-order valence-corrected chi connectivity index (χ2v) is 8.27. The van der Waals surface area contributed by atoms with Crippen molar-refractivity contribution in [2.24, 2.45) is 0 Å². The van der Waals surface area contributed by atoms with Crippen molar-refractivity contribution < 1.29 is 13.7 Å². The zero-order valence-electron chi connectivity index (χ0n) is 15.6. The summed E-state index contributed by atoms with van der Waals surface area (Å²) in [6.45, 7) is 2.68. The maximum absolute atomic E-state index is 13.3. The van der Waals surface area contributed by atoms with Crippen LogP contribution in [0.15, 0.2) is 51.6 Å². The lowest BCUT2D eigenvalue weighted by atomic mass is 9.99. The van der Waals surface area contributed by atoms with Gasteiger partial charge in [-0.2, -0.15) is 0 Å². The number of hydrogen-bond acceptors (Lipinski definition) is 5. The van der Waals surface area contributed by atoms with E-state index in [1.807, 2.05) is 29.2 Å². The molecule has 29 heavy (non-hydrogen) atoms. The van der Waals surface area contributed by atoms with Crippen LogP contribution in [0.2, 0.25) is 10.0 Å². The number of piperazine rings is 1. The molecule has 1 aliphatic carbocycles. The Hall–Kier alpha value is -2.44. The Labute approximate surface area is 178 Å². The van der Waals surface area contributed by atoms with E-state index in [4.69, 9.17) is 32.1 Å². The van der Waals surface area contributed by atoms with Crippen LogP contribution in [-0.2, 0) is 10.2 Å². The highest BCUT2D eigenvalue weighted by molar-refractivity contribution is 6.43. The van der Waals surface area contributed by atoms with E-state index in [9.17, 15) is 4.79 Å². The van der Waals surface area contributed by atoms with Crippen molar-refractivity contribution in [2.75, 3.05) is 31.1 Å². The van der Waals surface area contributed by atoms with Crippen molar-refractivity contribution >= 4 is 34.8 Å². The van der Waals surface area contributed by atoms with E-state index in [0.717, 1.165) is 18.5 Å².